The molecular weight excluding hydrogens is 2100 g/mol. The fraction of sp³-hybridized carbons (Fsp3) is 0.323. The zero-order valence-corrected chi connectivity index (χ0v) is 93.6. The van der Waals surface area contributed by atoms with E-state index >= 15 is 0 Å². The maximum Gasteiger partial charge on any atom is 0.135 e. The van der Waals surface area contributed by atoms with E-state index in [4.69, 9.17) is 19.4 Å². The molecular formula is C130H142N8O2Pt2-6. The summed E-state index contributed by atoms with van der Waals surface area (Å²) in [6.45, 7) is 72.8. The van der Waals surface area contributed by atoms with E-state index in [0.717, 1.165) is 78.4 Å². The normalized spacial score (nSPS) is 13.6. The van der Waals surface area contributed by atoms with Crippen molar-refractivity contribution in [2.45, 2.75) is 269 Å². The second kappa shape index (κ2) is 40.1. The van der Waals surface area contributed by atoms with Crippen LogP contribution in [0.15, 0.2) is 285 Å². The molecule has 142 heavy (non-hydrogen) atoms. The van der Waals surface area contributed by atoms with Crippen molar-refractivity contribution >= 4 is 66.4 Å². The van der Waals surface area contributed by atoms with Crippen LogP contribution in [0.5, 0.6) is 23.0 Å². The molecule has 2 aliphatic rings. The van der Waals surface area contributed by atoms with Gasteiger partial charge in [0.2, 0.25) is 0 Å². The summed E-state index contributed by atoms with van der Waals surface area (Å²) < 4.78 is 18.8. The van der Waals surface area contributed by atoms with E-state index in [1.165, 1.54) is 99.9 Å². The number of aromatic nitrogens is 4. The molecule has 16 aromatic rings. The van der Waals surface area contributed by atoms with E-state index in [1.54, 1.807) is 0 Å². The second-order valence-corrected chi connectivity index (χ2v) is 47.2. The maximum atomic E-state index is 7.23. The van der Waals surface area contributed by atoms with Gasteiger partial charge >= 0.3 is 0 Å². The number of allylic oxidation sites excluding steroid dienone is 1. The monoisotopic (exact) mass is 2240 g/mol. The Morgan fingerprint density at radius 3 is 1.25 bits per heavy atom. The first-order valence-corrected chi connectivity index (χ1v) is 50.3. The Bertz CT molecular complexity index is 7350. The number of pyridine rings is 2. The summed E-state index contributed by atoms with van der Waals surface area (Å²) in [4.78, 5) is 19.0. The Kier molecular flexibility index (Phi) is 29.5. The van der Waals surface area contributed by atoms with Crippen LogP contribution < -0.4 is 29.1 Å². The number of para-hydroxylation sites is 1. The smallest absolute Gasteiger partial charge is 0.135 e. The molecule has 0 bridgehead atoms. The van der Waals surface area contributed by atoms with Crippen LogP contribution in [0.4, 0.5) is 22.7 Å². The molecule has 4 aromatic heterocycles. The number of ether oxygens (including phenoxy) is 2. The van der Waals surface area contributed by atoms with Gasteiger partial charge in [0.25, 0.3) is 0 Å². The molecule has 0 unspecified atom stereocenters. The molecule has 12 aromatic carbocycles. The Morgan fingerprint density at radius 2 is 0.739 bits per heavy atom. The second-order valence-electron chi connectivity index (χ2n) is 47.2. The minimum atomic E-state index is -0.226. The van der Waals surface area contributed by atoms with Crippen molar-refractivity contribution in [2.75, 3.05) is 19.6 Å². The average molecular weight is 2240 g/mol. The number of fused-ring (bicyclic) bond motifs is 6. The van der Waals surface area contributed by atoms with Crippen LogP contribution in [0, 0.1) is 43.0 Å². The number of hydrogen-bond acceptors (Lipinski definition) is 8. The summed E-state index contributed by atoms with van der Waals surface area (Å²) in [6, 6.07) is 106. The maximum absolute atomic E-state index is 7.23. The first-order chi connectivity index (χ1) is 66.0. The van der Waals surface area contributed by atoms with Gasteiger partial charge in [0, 0.05) is 122 Å². The van der Waals surface area contributed by atoms with E-state index in [1.807, 2.05) is 12.4 Å². The van der Waals surface area contributed by atoms with Crippen LogP contribution in [0.2, 0.25) is 0 Å². The van der Waals surface area contributed by atoms with Crippen molar-refractivity contribution in [3.8, 4) is 56.9 Å². The molecule has 0 atom stereocenters. The average Bonchev–Trinajstić information content (AvgIpc) is 1.57. The van der Waals surface area contributed by atoms with Gasteiger partial charge in [-0.2, -0.15) is 6.07 Å². The van der Waals surface area contributed by atoms with Gasteiger partial charge in [0.15, 0.2) is 0 Å². The summed E-state index contributed by atoms with van der Waals surface area (Å²) >= 11 is 0. The fourth-order valence-corrected chi connectivity index (χ4v) is 19.9. The molecule has 0 saturated carbocycles. The Morgan fingerprint density at radius 1 is 0.303 bits per heavy atom. The van der Waals surface area contributed by atoms with Crippen molar-refractivity contribution in [1.29, 1.82) is 0 Å². The SMILES string of the molecule is CC(C)c1cccc(C(C)C)c1-c1cc(Oc2[c-]c3c(c(C(C)(C)C)c2)c2ccccc2n3-c2cc(C(C)(C)C)ccn2)[c-]c(N2C=C(C(C)(C)C)N(c3cccc(C(C)(C)c4ccccc4)c3)[CH-]2)c1.CC(C)c1cccc(C(C)C)c1-c1cc(Oc2[c-]c3c(cc2)c2cc(C(C)(C)C)ccc2n3-c2cc(C(C)(C)C)ccn2)[c-]c(N2C=CN(c3cc(C(C)(C)C)cc(C(C)(C)c4ccccc4)c3)[CH-]2)c1.[Pt].[Pt]. The fourth-order valence-electron chi connectivity index (χ4n) is 19.9. The third kappa shape index (κ3) is 21.3. The molecule has 0 N–H and O–H groups in total. The molecule has 0 fully saturated rings. The third-order valence-electron chi connectivity index (χ3n) is 28.5. The van der Waals surface area contributed by atoms with Crippen LogP contribution >= 0.6 is 0 Å². The summed E-state index contributed by atoms with van der Waals surface area (Å²) in [5.74, 6) is 5.42. The summed E-state index contributed by atoms with van der Waals surface area (Å²) in [5.41, 5.74) is 29.4. The van der Waals surface area contributed by atoms with Gasteiger partial charge in [0.05, 0.1) is 0 Å². The van der Waals surface area contributed by atoms with E-state index in [2.05, 4.69) is 541 Å². The number of hydrogen-bond donors (Lipinski definition) is 0. The number of rotatable bonds is 20. The molecule has 0 spiro atoms. The number of benzene rings is 12. The third-order valence-corrected chi connectivity index (χ3v) is 28.5. The van der Waals surface area contributed by atoms with Gasteiger partial charge in [-0.05, 0) is 219 Å². The number of anilines is 4. The van der Waals surface area contributed by atoms with Crippen molar-refractivity contribution < 1.29 is 51.6 Å². The van der Waals surface area contributed by atoms with E-state index in [0.29, 0.717) is 46.7 Å². The van der Waals surface area contributed by atoms with Gasteiger partial charge in [-0.15, -0.1) is 107 Å². The minimum absolute atomic E-state index is 0. The van der Waals surface area contributed by atoms with Gasteiger partial charge in [-0.1, -0.05) is 370 Å². The quantitative estimate of drug-likeness (QED) is 0.0700. The summed E-state index contributed by atoms with van der Waals surface area (Å²) in [5, 5.41) is 4.60. The van der Waals surface area contributed by atoms with E-state index in [9.17, 15) is 0 Å². The van der Waals surface area contributed by atoms with Crippen LogP contribution in [-0.4, -0.2) is 19.1 Å². The molecule has 12 heteroatoms. The molecule has 0 radical (unpaired) electrons. The molecule has 18 rings (SSSR count). The summed E-state index contributed by atoms with van der Waals surface area (Å²) in [6.07, 6.45) is 10.4. The molecule has 0 amide bonds. The topological polar surface area (TPSA) is 67.1 Å². The van der Waals surface area contributed by atoms with Crippen LogP contribution in [-0.2, 0) is 80.0 Å². The molecule has 10 nitrogen and oxygen atoms in total. The van der Waals surface area contributed by atoms with E-state index < -0.39 is 0 Å². The molecule has 6 heterocycles. The van der Waals surface area contributed by atoms with Gasteiger partial charge in [-0.25, -0.2) is 9.97 Å². The predicted octanol–water partition coefficient (Wildman–Crippen LogP) is 35.4. The standard InChI is InChI=1S/2C65H71N4O.2Pt/c1-42(2)52-28-22-29-53(43(3)4)60(52)44-33-49(67-40-58(64(11,12)13)68(41-67)48-26-21-25-47(35-48)65(14,15)45-23-17-16-18-24-45)37-50(34-44)70-51-38-55(63(8,9)10)61-54-27-19-20-30-56(54)69(57(61)39-51)59-36-46(31-32-66-59)62(5,6)7;1-42(2)54-22-19-23-55(43(3)4)61(54)44-32-50(67-30-31-68(41-67)51-35-48(64(11,12)13)34-49(36-51)65(14,15)45-20-17-16-18-21-45)39-53(33-44)70-52-25-26-56-57-37-46(62(5,6)7)24-27-58(57)69(59(56)40-52)60-38-47(28-29-66-60)63(8,9)10;;/h16-36,38,40-43H,1-15H3;16-38,41-43H,1-15H3;;/q2*-3;;. The first-order valence-electron chi connectivity index (χ1n) is 50.3. The Hall–Kier alpha value is -11.8. The zero-order valence-electron chi connectivity index (χ0n) is 89.0. The van der Waals surface area contributed by atoms with Crippen molar-refractivity contribution in [2.24, 2.45) is 5.41 Å². The van der Waals surface area contributed by atoms with Gasteiger partial charge in [0.1, 0.15) is 11.6 Å². The molecule has 2 aliphatic heterocycles. The Balaban J connectivity index is 0.000000211. The van der Waals surface area contributed by atoms with Crippen LogP contribution in [0.3, 0.4) is 0 Å². The molecule has 740 valence electrons. The minimum Gasteiger partial charge on any atom is -0.509 e. The van der Waals surface area contributed by atoms with Crippen LogP contribution in [0.25, 0.3) is 77.5 Å². The van der Waals surface area contributed by atoms with E-state index in [-0.39, 0.29) is 85.5 Å². The van der Waals surface area contributed by atoms with Gasteiger partial charge in [-0.3, -0.25) is 0 Å². The predicted molar refractivity (Wildman–Crippen MR) is 591 cm³/mol. The van der Waals surface area contributed by atoms with Crippen molar-refractivity contribution in [3.63, 3.8) is 0 Å². The molecule has 0 aliphatic carbocycles. The van der Waals surface area contributed by atoms with Crippen molar-refractivity contribution in [3.05, 3.63) is 395 Å². The van der Waals surface area contributed by atoms with Crippen molar-refractivity contribution in [1.82, 2.24) is 19.1 Å². The summed E-state index contributed by atoms with van der Waals surface area (Å²) in [7, 11) is 0. The largest absolute Gasteiger partial charge is 0.509 e. The number of nitrogens with zero attached hydrogens (tertiary/aromatic N) is 8. The first kappa shape index (κ1) is 105. The molecule has 0 saturated heterocycles. The van der Waals surface area contributed by atoms with Gasteiger partial charge < -0.3 is 38.2 Å². The van der Waals surface area contributed by atoms with Crippen LogP contribution in [0.1, 0.15) is 304 Å². The zero-order chi connectivity index (χ0) is 100. The Labute approximate surface area is 876 Å².